The van der Waals surface area contributed by atoms with E-state index >= 15 is 0 Å². The van der Waals surface area contributed by atoms with E-state index < -0.39 is 10.0 Å². The van der Waals surface area contributed by atoms with Crippen LogP contribution in [-0.4, -0.2) is 36.9 Å². The maximum Gasteiger partial charge on any atom is 0.282 e. The van der Waals surface area contributed by atoms with E-state index in [2.05, 4.69) is 5.73 Å². The fourth-order valence-corrected chi connectivity index (χ4v) is 3.18. The summed E-state index contributed by atoms with van der Waals surface area (Å²) in [6, 6.07) is 0. The van der Waals surface area contributed by atoms with Crippen LogP contribution in [0.3, 0.4) is 0 Å². The van der Waals surface area contributed by atoms with Gasteiger partial charge in [0.15, 0.2) is 0 Å². The first-order valence-electron chi connectivity index (χ1n) is 2.39. The Balaban J connectivity index is 0. The number of hydrogen-bond acceptors (Lipinski definition) is 3. The molecule has 1 amide bonds. The number of amides is 1. The number of nitrogens with two attached hydrogens (primary N) is 1. The maximum atomic E-state index is 9.22. The Morgan fingerprint density at radius 2 is 1.78 bits per heavy atom. The topological polar surface area (TPSA) is 61.6 Å². The molecule has 56 valence electrons. The maximum absolute atomic E-state index is 9.22. The lowest BCUT2D eigenvalue weighted by Gasteiger charge is -1.87. The summed E-state index contributed by atoms with van der Waals surface area (Å²) in [5.41, 5.74) is 4.47. The van der Waals surface area contributed by atoms with E-state index in [9.17, 15) is 4.79 Å². The first-order valence-corrected chi connectivity index (χ1v) is 5.17. The molecule has 0 fully saturated rings. The zero-order chi connectivity index (χ0) is 7.70. The second-order valence-corrected chi connectivity index (χ2v) is 6.16. The van der Waals surface area contributed by atoms with Crippen molar-refractivity contribution in [2.45, 2.75) is 6.92 Å². The number of primary amides is 1. The second-order valence-electron chi connectivity index (χ2n) is 1.31. The van der Waals surface area contributed by atoms with Crippen molar-refractivity contribution < 1.29 is 13.0 Å². The molecule has 0 aliphatic rings. The molecule has 0 aromatic heterocycles. The third kappa shape index (κ3) is 70.5. The van der Waals surface area contributed by atoms with E-state index in [1.807, 2.05) is 0 Å². The molecule has 0 bridgehead atoms. The Morgan fingerprint density at radius 1 is 1.56 bits per heavy atom. The van der Waals surface area contributed by atoms with Gasteiger partial charge in [0.2, 0.25) is 5.91 Å². The van der Waals surface area contributed by atoms with Gasteiger partial charge in [0.1, 0.15) is 21.0 Å². The van der Waals surface area contributed by atoms with E-state index in [0.29, 0.717) is 0 Å². The highest BCUT2D eigenvalue weighted by Gasteiger charge is 1.66. The summed E-state index contributed by atoms with van der Waals surface area (Å²) in [6.45, 7) is 1.31. The number of carbonyl (C=O) groups is 1. The molecule has 7 heteroatoms. The van der Waals surface area contributed by atoms with E-state index in [4.69, 9.17) is 8.23 Å². The molecule has 9 heavy (non-hydrogen) atoms. The molecule has 0 aliphatic heterocycles. The Morgan fingerprint density at radius 3 is 1.78 bits per heavy atom. The molecule has 0 radical (unpaired) electrons. The summed E-state index contributed by atoms with van der Waals surface area (Å²) >= 11 is 0. The molecular formula is C2H13NO3Si3. The zero-order valence-corrected chi connectivity index (χ0v) is 11.4. The average molecular weight is 183 g/mol. The molecule has 0 aromatic carbocycles. The lowest BCUT2D eigenvalue weighted by molar-refractivity contribution is -0.115. The van der Waals surface area contributed by atoms with Crippen LogP contribution in [0.5, 0.6) is 0 Å². The SMILES string of the molecule is CC(N)=O.[SiH3]O[SiH2]O[SiH3]. The standard InChI is InChI=1S/C2H5NO.H8O2Si3/c1-2(3)4;3-1-5-2-4/h1H3,(H2,3,4);5H2,3-4H3. The summed E-state index contributed by atoms with van der Waals surface area (Å²) in [4.78, 5) is 9.22. The largest absolute Gasteiger partial charge is 0.449 e. The van der Waals surface area contributed by atoms with E-state index in [0.717, 1.165) is 21.0 Å². The molecule has 0 aliphatic carbocycles. The number of rotatable bonds is 2. The molecule has 0 aromatic rings. The number of hydrogen-bond donors (Lipinski definition) is 1. The van der Waals surface area contributed by atoms with Crippen LogP contribution in [0.4, 0.5) is 0 Å². The van der Waals surface area contributed by atoms with Crippen LogP contribution >= 0.6 is 0 Å². The van der Waals surface area contributed by atoms with E-state index in [1.165, 1.54) is 6.92 Å². The first-order chi connectivity index (χ1) is 4.15. The molecule has 0 unspecified atom stereocenters. The van der Waals surface area contributed by atoms with Crippen LogP contribution in [0.15, 0.2) is 0 Å². The van der Waals surface area contributed by atoms with Gasteiger partial charge in [0.05, 0.1) is 0 Å². The van der Waals surface area contributed by atoms with Crippen molar-refractivity contribution in [3.8, 4) is 0 Å². The van der Waals surface area contributed by atoms with E-state index in [-0.39, 0.29) is 5.91 Å². The molecule has 0 heterocycles. The molecule has 2 N–H and O–H groups in total. The predicted octanol–water partition coefficient (Wildman–Crippen LogP) is -3.93. The van der Waals surface area contributed by atoms with Gasteiger partial charge in [-0.15, -0.1) is 0 Å². The van der Waals surface area contributed by atoms with E-state index in [1.54, 1.807) is 0 Å². The Labute approximate surface area is 63.2 Å². The van der Waals surface area contributed by atoms with Crippen molar-refractivity contribution >= 4 is 36.9 Å². The van der Waals surface area contributed by atoms with Gasteiger partial charge in [0, 0.05) is 6.92 Å². The highest BCUT2D eigenvalue weighted by Crippen LogP contribution is 1.52. The second kappa shape index (κ2) is 10.9. The van der Waals surface area contributed by atoms with Gasteiger partial charge in [-0.05, 0) is 0 Å². The molecule has 0 atom stereocenters. The van der Waals surface area contributed by atoms with Crippen LogP contribution in [0.1, 0.15) is 6.92 Å². The molecule has 0 rings (SSSR count). The van der Waals surface area contributed by atoms with Crippen molar-refractivity contribution in [3.63, 3.8) is 0 Å². The highest BCUT2D eigenvalue weighted by atomic mass is 28.3. The Kier molecular flexibility index (Phi) is 14.3. The highest BCUT2D eigenvalue weighted by molar-refractivity contribution is 6.33. The smallest absolute Gasteiger partial charge is 0.282 e. The van der Waals surface area contributed by atoms with Gasteiger partial charge in [-0.3, -0.25) is 4.79 Å². The molecule has 4 nitrogen and oxygen atoms in total. The molecular weight excluding hydrogens is 170 g/mol. The molecule has 0 saturated carbocycles. The zero-order valence-electron chi connectivity index (χ0n) is 6.01. The van der Waals surface area contributed by atoms with Gasteiger partial charge in [-0.1, -0.05) is 0 Å². The van der Waals surface area contributed by atoms with Crippen molar-refractivity contribution in [1.82, 2.24) is 0 Å². The third-order valence-electron chi connectivity index (χ3n) is 0.236. The average Bonchev–Trinajstić information content (AvgIpc) is 1.66. The van der Waals surface area contributed by atoms with Crippen molar-refractivity contribution in [1.29, 1.82) is 0 Å². The van der Waals surface area contributed by atoms with Crippen molar-refractivity contribution in [2.75, 3.05) is 0 Å². The fourth-order valence-electron chi connectivity index (χ4n) is 0.118. The van der Waals surface area contributed by atoms with Crippen molar-refractivity contribution in [2.24, 2.45) is 5.73 Å². The molecule has 0 spiro atoms. The summed E-state index contributed by atoms with van der Waals surface area (Å²) in [5, 5.41) is 0. The van der Waals surface area contributed by atoms with Crippen LogP contribution in [-0.2, 0) is 13.0 Å². The lowest BCUT2D eigenvalue weighted by atomic mass is 10.8. The summed E-state index contributed by atoms with van der Waals surface area (Å²) < 4.78 is 9.56. The summed E-state index contributed by atoms with van der Waals surface area (Å²) in [6.07, 6.45) is 0. The van der Waals surface area contributed by atoms with Gasteiger partial charge in [-0.2, -0.15) is 0 Å². The van der Waals surface area contributed by atoms with Gasteiger partial charge < -0.3 is 14.0 Å². The minimum absolute atomic E-state index is 0.333. The fraction of sp³-hybridized carbons (Fsp3) is 0.500. The first kappa shape index (κ1) is 11.8. The minimum Gasteiger partial charge on any atom is -0.449 e. The minimum atomic E-state index is -0.444. The molecule has 0 saturated heterocycles. The number of carbonyl (C=O) groups excluding carboxylic acids is 1. The van der Waals surface area contributed by atoms with Crippen LogP contribution in [0, 0.1) is 0 Å². The summed E-state index contributed by atoms with van der Waals surface area (Å²) in [5.74, 6) is -0.333. The Bertz CT molecular complexity index is 64.1. The van der Waals surface area contributed by atoms with Gasteiger partial charge in [0.25, 0.3) is 10.0 Å². The normalized spacial score (nSPS) is 9.44. The quantitative estimate of drug-likeness (QED) is 0.445. The predicted molar refractivity (Wildman–Crippen MR) is 45.5 cm³/mol. The monoisotopic (exact) mass is 183 g/mol. The van der Waals surface area contributed by atoms with Gasteiger partial charge in [-0.25, -0.2) is 0 Å². The lowest BCUT2D eigenvalue weighted by Crippen LogP contribution is -2.01. The van der Waals surface area contributed by atoms with Crippen molar-refractivity contribution in [3.05, 3.63) is 0 Å². The van der Waals surface area contributed by atoms with Crippen LogP contribution in [0.25, 0.3) is 0 Å². The Hall–Kier alpha value is 0.0406. The van der Waals surface area contributed by atoms with Crippen LogP contribution < -0.4 is 5.73 Å². The summed E-state index contributed by atoms with van der Waals surface area (Å²) in [7, 11) is 1.27. The van der Waals surface area contributed by atoms with Gasteiger partial charge >= 0.3 is 0 Å². The third-order valence-corrected chi connectivity index (χ3v) is 2.12. The van der Waals surface area contributed by atoms with Crippen LogP contribution in [0.2, 0.25) is 0 Å².